The first-order chi connectivity index (χ1) is 8.95. The molecule has 106 valence electrons. The minimum Gasteiger partial charge on any atom is -0.464 e. The minimum atomic E-state index is -2.55. The van der Waals surface area contributed by atoms with Crippen LogP contribution in [0.3, 0.4) is 0 Å². The molecule has 0 bridgehead atoms. The number of amides is 1. The van der Waals surface area contributed by atoms with Crippen molar-refractivity contribution in [3.63, 3.8) is 0 Å². The molecule has 0 aromatic carbocycles. The van der Waals surface area contributed by atoms with Crippen molar-refractivity contribution in [2.75, 3.05) is 6.61 Å². The average molecular weight is 274 g/mol. The number of carbonyl (C=O) groups excluding carboxylic acids is 2. The number of hydrogen-bond donors (Lipinski definition) is 1. The lowest BCUT2D eigenvalue weighted by molar-refractivity contribution is -0.144. The van der Waals surface area contributed by atoms with Crippen LogP contribution in [0.15, 0.2) is 18.3 Å². The van der Waals surface area contributed by atoms with Gasteiger partial charge >= 0.3 is 5.97 Å². The number of alkyl halides is 2. The highest BCUT2D eigenvalue weighted by atomic mass is 19.3. The summed E-state index contributed by atoms with van der Waals surface area (Å²) >= 11 is 0. The SMILES string of the molecule is CCOC(=O)C(C)NC(=O)c1cccn1CC(F)F. The van der Waals surface area contributed by atoms with E-state index in [1.54, 1.807) is 6.92 Å². The van der Waals surface area contributed by atoms with Crippen molar-refractivity contribution in [2.45, 2.75) is 32.9 Å². The van der Waals surface area contributed by atoms with E-state index in [2.05, 4.69) is 5.32 Å². The second kappa shape index (κ2) is 6.86. The predicted octanol–water partition coefficient (Wildman–Crippen LogP) is 1.43. The summed E-state index contributed by atoms with van der Waals surface area (Å²) in [6.07, 6.45) is -1.17. The van der Waals surface area contributed by atoms with E-state index in [0.29, 0.717) is 0 Å². The molecule has 5 nitrogen and oxygen atoms in total. The predicted molar refractivity (Wildman–Crippen MR) is 64.0 cm³/mol. The van der Waals surface area contributed by atoms with Gasteiger partial charge in [0, 0.05) is 6.20 Å². The zero-order chi connectivity index (χ0) is 14.4. The quantitative estimate of drug-likeness (QED) is 0.798. The second-order valence-electron chi connectivity index (χ2n) is 3.88. The fraction of sp³-hybridized carbons (Fsp3) is 0.500. The zero-order valence-corrected chi connectivity index (χ0v) is 10.7. The van der Waals surface area contributed by atoms with E-state index in [1.165, 1.54) is 25.3 Å². The molecule has 19 heavy (non-hydrogen) atoms. The van der Waals surface area contributed by atoms with E-state index in [0.717, 1.165) is 4.57 Å². The van der Waals surface area contributed by atoms with Crippen LogP contribution in [0.1, 0.15) is 24.3 Å². The molecule has 0 aliphatic carbocycles. The second-order valence-corrected chi connectivity index (χ2v) is 3.88. The fourth-order valence-corrected chi connectivity index (χ4v) is 1.52. The largest absolute Gasteiger partial charge is 0.464 e. The molecule has 1 aromatic heterocycles. The minimum absolute atomic E-state index is 0.0800. The molecule has 1 aromatic rings. The summed E-state index contributed by atoms with van der Waals surface area (Å²) in [6, 6.07) is 2.07. The molecule has 1 rings (SSSR count). The molecule has 1 amide bonds. The van der Waals surface area contributed by atoms with Crippen LogP contribution >= 0.6 is 0 Å². The van der Waals surface area contributed by atoms with Gasteiger partial charge in [-0.25, -0.2) is 13.6 Å². The molecule has 0 saturated carbocycles. The van der Waals surface area contributed by atoms with Crippen molar-refractivity contribution >= 4 is 11.9 Å². The van der Waals surface area contributed by atoms with Crippen LogP contribution in [-0.2, 0) is 16.1 Å². The summed E-state index contributed by atoms with van der Waals surface area (Å²) in [4.78, 5) is 23.2. The summed E-state index contributed by atoms with van der Waals surface area (Å²) < 4.78 is 30.5. The maximum atomic E-state index is 12.3. The van der Waals surface area contributed by atoms with Crippen molar-refractivity contribution in [1.29, 1.82) is 0 Å². The van der Waals surface area contributed by atoms with Crippen LogP contribution in [0.25, 0.3) is 0 Å². The number of nitrogens with zero attached hydrogens (tertiary/aromatic N) is 1. The molecule has 0 radical (unpaired) electrons. The Labute approximate surface area is 109 Å². The van der Waals surface area contributed by atoms with Crippen molar-refractivity contribution in [2.24, 2.45) is 0 Å². The zero-order valence-electron chi connectivity index (χ0n) is 10.7. The summed E-state index contributed by atoms with van der Waals surface area (Å²) in [6.45, 7) is 2.76. The van der Waals surface area contributed by atoms with Gasteiger partial charge in [0.25, 0.3) is 12.3 Å². The first-order valence-corrected chi connectivity index (χ1v) is 5.86. The van der Waals surface area contributed by atoms with Gasteiger partial charge < -0.3 is 14.6 Å². The Morgan fingerprint density at radius 2 is 2.16 bits per heavy atom. The third-order valence-corrected chi connectivity index (χ3v) is 2.38. The Morgan fingerprint density at radius 3 is 2.74 bits per heavy atom. The number of halogens is 2. The van der Waals surface area contributed by atoms with Gasteiger partial charge in [-0.05, 0) is 26.0 Å². The lowest BCUT2D eigenvalue weighted by Crippen LogP contribution is -2.40. The van der Waals surface area contributed by atoms with Gasteiger partial charge in [-0.2, -0.15) is 0 Å². The molecule has 1 heterocycles. The van der Waals surface area contributed by atoms with Crippen LogP contribution < -0.4 is 5.32 Å². The van der Waals surface area contributed by atoms with Crippen molar-refractivity contribution < 1.29 is 23.1 Å². The van der Waals surface area contributed by atoms with Gasteiger partial charge in [0.2, 0.25) is 0 Å². The molecule has 7 heteroatoms. The average Bonchev–Trinajstić information content (AvgIpc) is 2.76. The standard InChI is InChI=1S/C12H16F2N2O3/c1-3-19-12(18)8(2)15-11(17)9-5-4-6-16(9)7-10(13)14/h4-6,8,10H,3,7H2,1-2H3,(H,15,17). The van der Waals surface area contributed by atoms with Gasteiger partial charge in [-0.3, -0.25) is 4.79 Å². The molecule has 0 saturated heterocycles. The van der Waals surface area contributed by atoms with E-state index in [1.807, 2.05) is 0 Å². The van der Waals surface area contributed by atoms with Gasteiger partial charge in [-0.15, -0.1) is 0 Å². The number of esters is 1. The van der Waals surface area contributed by atoms with E-state index < -0.39 is 30.9 Å². The number of carbonyl (C=O) groups is 2. The smallest absolute Gasteiger partial charge is 0.328 e. The van der Waals surface area contributed by atoms with E-state index >= 15 is 0 Å². The summed E-state index contributed by atoms with van der Waals surface area (Å²) in [5.74, 6) is -1.16. The molecule has 1 N–H and O–H groups in total. The number of nitrogens with one attached hydrogen (secondary N) is 1. The third kappa shape index (κ3) is 4.35. The van der Waals surface area contributed by atoms with Gasteiger partial charge in [0.15, 0.2) is 0 Å². The lowest BCUT2D eigenvalue weighted by Gasteiger charge is -2.14. The van der Waals surface area contributed by atoms with Gasteiger partial charge in [0.05, 0.1) is 13.2 Å². The van der Waals surface area contributed by atoms with E-state index in [-0.39, 0.29) is 12.3 Å². The van der Waals surface area contributed by atoms with Crippen LogP contribution in [0.2, 0.25) is 0 Å². The highest BCUT2D eigenvalue weighted by Crippen LogP contribution is 2.07. The Kier molecular flexibility index (Phi) is 5.47. The van der Waals surface area contributed by atoms with E-state index in [9.17, 15) is 18.4 Å². The van der Waals surface area contributed by atoms with E-state index in [4.69, 9.17) is 4.74 Å². The molecular formula is C12H16F2N2O3. The maximum Gasteiger partial charge on any atom is 0.328 e. The monoisotopic (exact) mass is 274 g/mol. The first-order valence-electron chi connectivity index (χ1n) is 5.86. The molecular weight excluding hydrogens is 258 g/mol. The number of hydrogen-bond acceptors (Lipinski definition) is 3. The topological polar surface area (TPSA) is 60.3 Å². The van der Waals surface area contributed by atoms with Gasteiger partial charge in [-0.1, -0.05) is 0 Å². The lowest BCUT2D eigenvalue weighted by atomic mass is 10.3. The molecule has 0 aliphatic heterocycles. The fourth-order valence-electron chi connectivity index (χ4n) is 1.52. The summed E-state index contributed by atoms with van der Waals surface area (Å²) in [5, 5.41) is 2.40. The Morgan fingerprint density at radius 1 is 1.47 bits per heavy atom. The summed E-state index contributed by atoms with van der Waals surface area (Å²) in [7, 11) is 0. The molecule has 1 atom stereocenters. The maximum absolute atomic E-state index is 12.3. The Hall–Kier alpha value is -1.92. The van der Waals surface area contributed by atoms with Crippen molar-refractivity contribution in [3.8, 4) is 0 Å². The van der Waals surface area contributed by atoms with Crippen LogP contribution in [0.5, 0.6) is 0 Å². The molecule has 0 aliphatic rings. The normalized spacial score (nSPS) is 12.3. The number of ether oxygens (including phenoxy) is 1. The summed E-state index contributed by atoms with van der Waals surface area (Å²) in [5.41, 5.74) is 0.0800. The van der Waals surface area contributed by atoms with Crippen LogP contribution in [-0.4, -0.2) is 35.5 Å². The number of aromatic nitrogens is 1. The molecule has 0 spiro atoms. The molecule has 0 fully saturated rings. The van der Waals surface area contributed by atoms with Crippen molar-refractivity contribution in [3.05, 3.63) is 24.0 Å². The van der Waals surface area contributed by atoms with Gasteiger partial charge in [0.1, 0.15) is 11.7 Å². The number of rotatable bonds is 6. The van der Waals surface area contributed by atoms with Crippen molar-refractivity contribution in [1.82, 2.24) is 9.88 Å². The van der Waals surface area contributed by atoms with Crippen LogP contribution in [0.4, 0.5) is 8.78 Å². The Bertz CT molecular complexity index is 446. The Balaban J connectivity index is 2.68. The highest BCUT2D eigenvalue weighted by Gasteiger charge is 2.20. The van der Waals surface area contributed by atoms with Crippen LogP contribution in [0, 0.1) is 0 Å². The highest BCUT2D eigenvalue weighted by molar-refractivity contribution is 5.95. The third-order valence-electron chi connectivity index (χ3n) is 2.38. The first kappa shape index (κ1) is 15.1. The molecule has 1 unspecified atom stereocenters.